The smallest absolute Gasteiger partial charge is 0.311 e. The number of aryl methyl sites for hydroxylation is 1. The van der Waals surface area contributed by atoms with E-state index in [1.807, 2.05) is 6.92 Å². The predicted molar refractivity (Wildman–Crippen MR) is 107 cm³/mol. The fourth-order valence-electron chi connectivity index (χ4n) is 3.18. The van der Waals surface area contributed by atoms with Gasteiger partial charge in [0.25, 0.3) is 5.69 Å². The van der Waals surface area contributed by atoms with Crippen LogP contribution in [0.5, 0.6) is 5.75 Å². The van der Waals surface area contributed by atoms with Crippen LogP contribution in [0.2, 0.25) is 0 Å². The van der Waals surface area contributed by atoms with Gasteiger partial charge in [-0.2, -0.15) is 0 Å². The second-order valence-electron chi connectivity index (χ2n) is 6.92. The van der Waals surface area contributed by atoms with E-state index in [0.717, 1.165) is 5.56 Å². The normalized spacial score (nSPS) is 15.7. The Kier molecular flexibility index (Phi) is 6.10. The van der Waals surface area contributed by atoms with Crippen molar-refractivity contribution in [2.75, 3.05) is 25.2 Å². The first-order chi connectivity index (χ1) is 14.3. The average molecular weight is 412 g/mol. The minimum absolute atomic E-state index is 0.0323. The number of methoxy groups -OCH3 is 1. The lowest BCUT2D eigenvalue weighted by molar-refractivity contribution is -0.384. The first-order valence-electron chi connectivity index (χ1n) is 9.19. The highest BCUT2D eigenvalue weighted by atomic mass is 16.6. The molecule has 2 aromatic carbocycles. The van der Waals surface area contributed by atoms with Crippen molar-refractivity contribution in [1.82, 2.24) is 0 Å². The molecule has 0 radical (unpaired) electrons. The van der Waals surface area contributed by atoms with Crippen molar-refractivity contribution in [2.45, 2.75) is 13.3 Å². The van der Waals surface area contributed by atoms with Gasteiger partial charge in [0.05, 0.1) is 29.7 Å². The molecular weight excluding hydrogens is 392 g/mol. The number of carbonyl (C=O) groups excluding carboxylic acids is 3. The van der Waals surface area contributed by atoms with Gasteiger partial charge < -0.3 is 14.4 Å². The molecule has 0 unspecified atom stereocenters. The van der Waals surface area contributed by atoms with Crippen LogP contribution in [-0.2, 0) is 14.3 Å². The molecule has 30 heavy (non-hydrogen) atoms. The molecule has 9 heteroatoms. The topological polar surface area (TPSA) is 116 Å². The zero-order valence-corrected chi connectivity index (χ0v) is 16.5. The third kappa shape index (κ3) is 4.45. The van der Waals surface area contributed by atoms with Gasteiger partial charge in [0.1, 0.15) is 5.75 Å². The van der Waals surface area contributed by atoms with Gasteiger partial charge in [-0.15, -0.1) is 0 Å². The van der Waals surface area contributed by atoms with Crippen LogP contribution in [0.15, 0.2) is 42.5 Å². The van der Waals surface area contributed by atoms with E-state index in [4.69, 9.17) is 9.47 Å². The van der Waals surface area contributed by atoms with E-state index in [0.29, 0.717) is 11.3 Å². The summed E-state index contributed by atoms with van der Waals surface area (Å²) in [6.07, 6.45) is -0.0856. The Hall–Kier alpha value is -3.75. The van der Waals surface area contributed by atoms with Crippen LogP contribution in [-0.4, -0.2) is 42.8 Å². The zero-order valence-electron chi connectivity index (χ0n) is 16.5. The van der Waals surface area contributed by atoms with Crippen LogP contribution in [0, 0.1) is 23.0 Å². The second kappa shape index (κ2) is 8.73. The summed E-state index contributed by atoms with van der Waals surface area (Å²) in [4.78, 5) is 48.7. The summed E-state index contributed by atoms with van der Waals surface area (Å²) in [7, 11) is 1.34. The first-order valence-corrected chi connectivity index (χ1v) is 9.19. The molecule has 2 aromatic rings. The number of ether oxygens (including phenoxy) is 2. The maximum Gasteiger partial charge on any atom is 0.311 e. The fraction of sp³-hybridized carbons (Fsp3) is 0.286. The molecule has 1 saturated heterocycles. The predicted octanol–water partition coefficient (Wildman–Crippen LogP) is 2.69. The number of non-ortho nitro benzene ring substituents is 1. The molecule has 1 amide bonds. The molecule has 0 aromatic heterocycles. The van der Waals surface area contributed by atoms with Crippen LogP contribution < -0.4 is 9.64 Å². The van der Waals surface area contributed by atoms with Crippen molar-refractivity contribution < 1.29 is 28.8 Å². The lowest BCUT2D eigenvalue weighted by Gasteiger charge is -2.19. The number of anilines is 1. The van der Waals surface area contributed by atoms with Crippen molar-refractivity contribution in [3.63, 3.8) is 0 Å². The highest BCUT2D eigenvalue weighted by molar-refractivity contribution is 6.01. The summed E-state index contributed by atoms with van der Waals surface area (Å²) in [5.41, 5.74) is 1.61. The lowest BCUT2D eigenvalue weighted by Crippen LogP contribution is -2.27. The van der Waals surface area contributed by atoms with Gasteiger partial charge in [0.15, 0.2) is 12.4 Å². The summed E-state index contributed by atoms with van der Waals surface area (Å²) in [6.45, 7) is 1.52. The molecule has 1 fully saturated rings. The molecule has 0 saturated carbocycles. The van der Waals surface area contributed by atoms with Crippen LogP contribution in [0.1, 0.15) is 22.3 Å². The van der Waals surface area contributed by atoms with Gasteiger partial charge in [-0.25, -0.2) is 0 Å². The maximum atomic E-state index is 12.4. The van der Waals surface area contributed by atoms with Crippen LogP contribution in [0.3, 0.4) is 0 Å². The van der Waals surface area contributed by atoms with E-state index in [1.54, 1.807) is 24.3 Å². The van der Waals surface area contributed by atoms with Gasteiger partial charge in [0.2, 0.25) is 5.91 Å². The van der Waals surface area contributed by atoms with Crippen molar-refractivity contribution in [3.05, 3.63) is 63.7 Å². The quantitative estimate of drug-likeness (QED) is 0.297. The van der Waals surface area contributed by atoms with E-state index in [1.165, 1.54) is 30.2 Å². The zero-order chi connectivity index (χ0) is 21.8. The van der Waals surface area contributed by atoms with E-state index < -0.39 is 23.4 Å². The van der Waals surface area contributed by atoms with Gasteiger partial charge in [-0.1, -0.05) is 29.8 Å². The third-order valence-electron chi connectivity index (χ3n) is 4.84. The van der Waals surface area contributed by atoms with Crippen LogP contribution in [0.4, 0.5) is 11.4 Å². The molecule has 1 heterocycles. The number of carbonyl (C=O) groups is 3. The molecule has 0 aliphatic carbocycles. The SMILES string of the molecule is COc1cc([N+](=O)[O-])ccc1N1C[C@@H](C(=O)OCC(=O)c2ccc(C)cc2)CC1=O. The molecule has 156 valence electrons. The largest absolute Gasteiger partial charge is 0.494 e. The Morgan fingerprint density at radius 3 is 2.53 bits per heavy atom. The standard InChI is InChI=1S/C21H20N2O7/c1-13-3-5-14(6-4-13)18(24)12-30-21(26)15-9-20(25)22(11-15)17-8-7-16(23(27)28)10-19(17)29-2/h3-8,10,15H,9,11-12H2,1-2H3/t15-/m0/s1. The Morgan fingerprint density at radius 1 is 1.20 bits per heavy atom. The summed E-state index contributed by atoms with van der Waals surface area (Å²) in [5.74, 6) is -1.91. The number of nitrogens with zero attached hydrogens (tertiary/aromatic N) is 2. The maximum absolute atomic E-state index is 12.4. The average Bonchev–Trinajstić information content (AvgIpc) is 3.13. The highest BCUT2D eigenvalue weighted by Crippen LogP contribution is 2.35. The molecule has 1 aliphatic heterocycles. The molecule has 3 rings (SSSR count). The number of nitro benzene ring substituents is 1. The fourth-order valence-corrected chi connectivity index (χ4v) is 3.18. The van der Waals surface area contributed by atoms with E-state index in [2.05, 4.69) is 0 Å². The van der Waals surface area contributed by atoms with Crippen molar-refractivity contribution in [2.24, 2.45) is 5.92 Å². The highest BCUT2D eigenvalue weighted by Gasteiger charge is 2.37. The van der Waals surface area contributed by atoms with Gasteiger partial charge >= 0.3 is 5.97 Å². The van der Waals surface area contributed by atoms with Crippen LogP contribution in [0.25, 0.3) is 0 Å². The molecule has 0 N–H and O–H groups in total. The number of hydrogen-bond acceptors (Lipinski definition) is 7. The van der Waals surface area contributed by atoms with Gasteiger partial charge in [0, 0.05) is 24.6 Å². The number of rotatable bonds is 7. The molecule has 1 aliphatic rings. The number of hydrogen-bond donors (Lipinski definition) is 0. The first kappa shape index (κ1) is 21.0. The van der Waals surface area contributed by atoms with Crippen molar-refractivity contribution >= 4 is 29.0 Å². The van der Waals surface area contributed by atoms with Gasteiger partial charge in [-0.3, -0.25) is 24.5 Å². The lowest BCUT2D eigenvalue weighted by atomic mass is 10.1. The molecule has 9 nitrogen and oxygen atoms in total. The van der Waals surface area contributed by atoms with E-state index >= 15 is 0 Å². The van der Waals surface area contributed by atoms with Gasteiger partial charge in [-0.05, 0) is 13.0 Å². The Morgan fingerprint density at radius 2 is 1.90 bits per heavy atom. The van der Waals surface area contributed by atoms with Crippen LogP contribution >= 0.6 is 0 Å². The number of nitro groups is 1. The van der Waals surface area contributed by atoms with Crippen molar-refractivity contribution in [3.8, 4) is 5.75 Å². The monoisotopic (exact) mass is 412 g/mol. The minimum atomic E-state index is -0.747. The molecule has 0 bridgehead atoms. The number of ketones is 1. The second-order valence-corrected chi connectivity index (χ2v) is 6.92. The number of Topliss-reactive ketones (excluding diaryl/α,β-unsaturated/α-hetero) is 1. The summed E-state index contributed by atoms with van der Waals surface area (Å²) >= 11 is 0. The summed E-state index contributed by atoms with van der Waals surface area (Å²) < 4.78 is 10.3. The molecular formula is C21H20N2O7. The van der Waals surface area contributed by atoms with E-state index in [-0.39, 0.29) is 36.1 Å². The minimum Gasteiger partial charge on any atom is -0.494 e. The summed E-state index contributed by atoms with van der Waals surface area (Å²) in [5, 5.41) is 10.9. The number of benzene rings is 2. The molecule has 0 spiro atoms. The third-order valence-corrected chi connectivity index (χ3v) is 4.84. The number of amides is 1. The molecule has 1 atom stereocenters. The number of esters is 1. The Labute approximate surface area is 172 Å². The Bertz CT molecular complexity index is 1000. The van der Waals surface area contributed by atoms with Crippen molar-refractivity contribution in [1.29, 1.82) is 0 Å². The summed E-state index contributed by atoms with van der Waals surface area (Å²) in [6, 6.07) is 10.8. The van der Waals surface area contributed by atoms with E-state index in [9.17, 15) is 24.5 Å². The Balaban J connectivity index is 1.65.